The Kier molecular flexibility index (Phi) is 5.29. The first-order chi connectivity index (χ1) is 9.83. The van der Waals surface area contributed by atoms with E-state index in [1.54, 1.807) is 19.2 Å². The number of aromatic nitrogens is 1. The third kappa shape index (κ3) is 3.97. The first kappa shape index (κ1) is 16.7. The summed E-state index contributed by atoms with van der Waals surface area (Å²) in [4.78, 5) is 4.13. The van der Waals surface area contributed by atoms with Gasteiger partial charge in [-0.05, 0) is 50.1 Å². The normalized spacial score (nSPS) is 11.2. The molecule has 112 valence electrons. The lowest BCUT2D eigenvalue weighted by Crippen LogP contribution is -2.14. The van der Waals surface area contributed by atoms with Crippen LogP contribution in [0.15, 0.2) is 48.8 Å². The molecule has 0 amide bonds. The van der Waals surface area contributed by atoms with Crippen LogP contribution in [-0.4, -0.2) is 20.4 Å². The van der Waals surface area contributed by atoms with E-state index in [1.807, 2.05) is 0 Å². The summed E-state index contributed by atoms with van der Waals surface area (Å²) >= 11 is 10.0. The number of nitrogens with zero attached hydrogens (tertiary/aromatic N) is 1. The summed E-state index contributed by atoms with van der Waals surface area (Å²) < 4.78 is 29.5. The summed E-state index contributed by atoms with van der Waals surface area (Å²) in [5.74, 6) is 0.479. The van der Waals surface area contributed by atoms with Crippen molar-refractivity contribution in [1.29, 1.82) is 0 Å². The van der Waals surface area contributed by atoms with E-state index < -0.39 is 10.0 Å². The molecule has 2 aromatic rings. The maximum atomic E-state index is 12.4. The van der Waals surface area contributed by atoms with Gasteiger partial charge < -0.3 is 5.32 Å². The van der Waals surface area contributed by atoms with Gasteiger partial charge in [-0.1, -0.05) is 15.9 Å². The van der Waals surface area contributed by atoms with Crippen LogP contribution in [-0.2, 0) is 10.0 Å². The summed E-state index contributed by atoms with van der Waals surface area (Å²) in [5.41, 5.74) is 0.431. The largest absolute Gasteiger partial charge is 0.373 e. The predicted octanol–water partition coefficient (Wildman–Crippen LogP) is 4.21. The van der Waals surface area contributed by atoms with Gasteiger partial charge in [-0.2, -0.15) is 0 Å². The Morgan fingerprint density at radius 2 is 1.71 bits per heavy atom. The van der Waals surface area contributed by atoms with Crippen molar-refractivity contribution in [3.05, 3.63) is 43.9 Å². The van der Waals surface area contributed by atoms with Crippen LogP contribution < -0.4 is 10.0 Å². The van der Waals surface area contributed by atoms with Crippen LogP contribution >= 0.6 is 47.8 Å². The van der Waals surface area contributed by atoms with Crippen LogP contribution in [0.1, 0.15) is 0 Å². The van der Waals surface area contributed by atoms with E-state index in [2.05, 4.69) is 62.8 Å². The zero-order valence-corrected chi connectivity index (χ0v) is 16.3. The molecule has 1 aromatic carbocycles. The first-order valence-electron chi connectivity index (χ1n) is 5.64. The van der Waals surface area contributed by atoms with Gasteiger partial charge in [0.1, 0.15) is 5.82 Å². The quantitative estimate of drug-likeness (QED) is 0.661. The molecule has 21 heavy (non-hydrogen) atoms. The monoisotopic (exact) mass is 497 g/mol. The highest BCUT2D eigenvalue weighted by atomic mass is 79.9. The molecule has 0 saturated heterocycles. The topological polar surface area (TPSA) is 71.1 Å². The van der Waals surface area contributed by atoms with Gasteiger partial charge in [0.05, 0.1) is 10.6 Å². The third-order valence-electron chi connectivity index (χ3n) is 2.54. The number of hydrogen-bond acceptors (Lipinski definition) is 4. The van der Waals surface area contributed by atoms with E-state index in [4.69, 9.17) is 0 Å². The number of pyridine rings is 1. The zero-order valence-electron chi connectivity index (χ0n) is 10.7. The Bertz CT molecular complexity index is 758. The summed E-state index contributed by atoms with van der Waals surface area (Å²) in [6.07, 6.45) is 1.44. The van der Waals surface area contributed by atoms with Gasteiger partial charge in [0, 0.05) is 32.7 Å². The van der Waals surface area contributed by atoms with Gasteiger partial charge in [-0.15, -0.1) is 0 Å². The summed E-state index contributed by atoms with van der Waals surface area (Å²) in [7, 11) is -2.03. The molecule has 1 heterocycles. The van der Waals surface area contributed by atoms with Crippen LogP contribution in [0.25, 0.3) is 0 Å². The molecule has 0 fully saturated rings. The van der Waals surface area contributed by atoms with E-state index in [1.165, 1.54) is 18.3 Å². The van der Waals surface area contributed by atoms with Gasteiger partial charge in [0.15, 0.2) is 0 Å². The second kappa shape index (κ2) is 6.64. The molecule has 0 unspecified atom stereocenters. The van der Waals surface area contributed by atoms with E-state index in [9.17, 15) is 8.42 Å². The van der Waals surface area contributed by atoms with Gasteiger partial charge in [-0.3, -0.25) is 4.72 Å². The van der Waals surface area contributed by atoms with Crippen LogP contribution in [0.5, 0.6) is 0 Å². The van der Waals surface area contributed by atoms with Gasteiger partial charge in [0.2, 0.25) is 0 Å². The van der Waals surface area contributed by atoms with E-state index in [0.29, 0.717) is 20.5 Å². The van der Waals surface area contributed by atoms with Crippen molar-refractivity contribution in [1.82, 2.24) is 4.98 Å². The van der Waals surface area contributed by atoms with Crippen LogP contribution in [0.2, 0.25) is 0 Å². The molecule has 0 saturated carbocycles. The van der Waals surface area contributed by atoms with Crippen LogP contribution in [0.3, 0.4) is 0 Å². The van der Waals surface area contributed by atoms with Crippen molar-refractivity contribution in [2.24, 2.45) is 0 Å². The number of anilines is 2. The highest BCUT2D eigenvalue weighted by molar-refractivity contribution is 9.11. The van der Waals surface area contributed by atoms with Gasteiger partial charge in [0.25, 0.3) is 10.0 Å². The summed E-state index contributed by atoms with van der Waals surface area (Å²) in [5, 5.41) is 2.81. The minimum Gasteiger partial charge on any atom is -0.373 e. The van der Waals surface area contributed by atoms with E-state index in [-0.39, 0.29) is 4.90 Å². The maximum absolute atomic E-state index is 12.4. The number of nitrogens with one attached hydrogen (secondary N) is 2. The SMILES string of the molecule is CNc1cc(S(=O)(=O)Nc2c(Br)cc(Br)cc2Br)ccn1. The fourth-order valence-electron chi connectivity index (χ4n) is 1.55. The molecule has 9 heteroatoms. The van der Waals surface area contributed by atoms with Crippen molar-refractivity contribution in [2.75, 3.05) is 17.1 Å². The number of hydrogen-bond donors (Lipinski definition) is 2. The minimum absolute atomic E-state index is 0.128. The van der Waals surface area contributed by atoms with Gasteiger partial charge in [-0.25, -0.2) is 13.4 Å². The Labute approximate surface area is 148 Å². The summed E-state index contributed by atoms with van der Waals surface area (Å²) in [6.45, 7) is 0. The molecular formula is C12H10Br3N3O2S. The van der Waals surface area contributed by atoms with Crippen LogP contribution in [0, 0.1) is 0 Å². The lowest BCUT2D eigenvalue weighted by molar-refractivity contribution is 0.601. The molecule has 0 aliphatic heterocycles. The minimum atomic E-state index is -3.71. The van der Waals surface area contributed by atoms with Gasteiger partial charge >= 0.3 is 0 Å². The Balaban J connectivity index is 2.42. The average Bonchev–Trinajstić information content (AvgIpc) is 2.43. The molecule has 0 spiro atoms. The smallest absolute Gasteiger partial charge is 0.262 e. The van der Waals surface area contributed by atoms with Crippen molar-refractivity contribution in [2.45, 2.75) is 4.90 Å². The maximum Gasteiger partial charge on any atom is 0.262 e. The number of rotatable bonds is 4. The highest BCUT2D eigenvalue weighted by Gasteiger charge is 2.18. The fourth-order valence-corrected chi connectivity index (χ4v) is 5.38. The second-order valence-corrected chi connectivity index (χ2v) is 8.28. The number of halogens is 3. The molecule has 5 nitrogen and oxygen atoms in total. The molecule has 0 atom stereocenters. The second-order valence-electron chi connectivity index (χ2n) is 3.98. The lowest BCUT2D eigenvalue weighted by atomic mass is 10.3. The van der Waals surface area contributed by atoms with Crippen LogP contribution in [0.4, 0.5) is 11.5 Å². The number of benzene rings is 1. The van der Waals surface area contributed by atoms with E-state index >= 15 is 0 Å². The molecular weight excluding hydrogens is 490 g/mol. The fraction of sp³-hybridized carbons (Fsp3) is 0.0833. The molecule has 2 rings (SSSR count). The molecule has 0 radical (unpaired) electrons. The van der Waals surface area contributed by atoms with Crippen molar-refractivity contribution >= 4 is 69.3 Å². The average molecular weight is 500 g/mol. The molecule has 0 bridgehead atoms. The first-order valence-corrected chi connectivity index (χ1v) is 9.51. The molecule has 2 N–H and O–H groups in total. The van der Waals surface area contributed by atoms with E-state index in [0.717, 1.165) is 4.47 Å². The zero-order chi connectivity index (χ0) is 15.6. The highest BCUT2D eigenvalue weighted by Crippen LogP contribution is 2.35. The third-order valence-corrected chi connectivity index (χ3v) is 5.60. The Hall–Kier alpha value is -0.640. The number of sulfonamides is 1. The summed E-state index contributed by atoms with van der Waals surface area (Å²) in [6, 6.07) is 6.41. The molecule has 0 aliphatic rings. The Morgan fingerprint density at radius 3 is 2.29 bits per heavy atom. The Morgan fingerprint density at radius 1 is 1.10 bits per heavy atom. The predicted molar refractivity (Wildman–Crippen MR) is 94.1 cm³/mol. The van der Waals surface area contributed by atoms with Crippen molar-refractivity contribution in [3.8, 4) is 0 Å². The molecule has 0 aliphatic carbocycles. The van der Waals surface area contributed by atoms with Crippen molar-refractivity contribution in [3.63, 3.8) is 0 Å². The van der Waals surface area contributed by atoms with Crippen molar-refractivity contribution < 1.29 is 8.42 Å². The lowest BCUT2D eigenvalue weighted by Gasteiger charge is -2.12. The standard InChI is InChI=1S/C12H10Br3N3O2S/c1-16-11-6-8(2-3-17-11)21(19,20)18-12-9(14)4-7(13)5-10(12)15/h2-6,18H,1H3,(H,16,17). The molecule has 1 aromatic heterocycles.